The molecule has 1 saturated carbocycles. The number of rotatable bonds is 5. The number of nitrogens with zero attached hydrogens (tertiary/aromatic N) is 1. The van der Waals surface area contributed by atoms with Gasteiger partial charge in [-0.2, -0.15) is 0 Å². The number of fused-ring (bicyclic) bond motifs is 2. The van der Waals surface area contributed by atoms with E-state index in [-0.39, 0.29) is 11.8 Å². The van der Waals surface area contributed by atoms with Crippen LogP contribution in [0.25, 0.3) is 10.8 Å². The monoisotopic (exact) mass is 474 g/mol. The minimum Gasteiger partial charge on any atom is -0.352 e. The Morgan fingerprint density at radius 3 is 2.44 bits per heavy atom. The maximum absolute atomic E-state index is 13.7. The van der Waals surface area contributed by atoms with Crippen LogP contribution >= 0.6 is 11.6 Å². The molecule has 2 amide bonds. The normalized spacial score (nSPS) is 20.1. The van der Waals surface area contributed by atoms with Gasteiger partial charge in [-0.3, -0.25) is 9.59 Å². The second-order valence-electron chi connectivity index (χ2n) is 9.59. The molecule has 0 spiro atoms. The van der Waals surface area contributed by atoms with Gasteiger partial charge in [-0.25, -0.2) is 0 Å². The van der Waals surface area contributed by atoms with E-state index < -0.39 is 0 Å². The molecule has 1 aliphatic heterocycles. The highest BCUT2D eigenvalue weighted by Crippen LogP contribution is 2.36. The highest BCUT2D eigenvalue weighted by Gasteiger charge is 2.36. The molecule has 34 heavy (non-hydrogen) atoms. The van der Waals surface area contributed by atoms with Crippen LogP contribution in [0.4, 0.5) is 0 Å². The summed E-state index contributed by atoms with van der Waals surface area (Å²) >= 11 is 6.06. The molecule has 2 fully saturated rings. The summed E-state index contributed by atoms with van der Waals surface area (Å²) < 4.78 is 0. The van der Waals surface area contributed by atoms with Gasteiger partial charge in [-0.05, 0) is 78.6 Å². The number of likely N-dealkylation sites (tertiary alicyclic amines) is 1. The van der Waals surface area contributed by atoms with Gasteiger partial charge in [-0.15, -0.1) is 0 Å². The molecular weight excluding hydrogens is 444 g/mol. The van der Waals surface area contributed by atoms with Crippen molar-refractivity contribution in [2.24, 2.45) is 5.92 Å². The third-order valence-corrected chi connectivity index (χ3v) is 7.73. The largest absolute Gasteiger partial charge is 0.352 e. The SMILES string of the molecule is O=C(NCCc1cccc(Cl)c1)c1ccc(C(=O)N2CCC[C@@H]3CCCC[C@@H]32)c2ccccc12. The second kappa shape index (κ2) is 10.2. The van der Waals surface area contributed by atoms with Crippen LogP contribution in [0.2, 0.25) is 5.02 Å². The lowest BCUT2D eigenvalue weighted by Crippen LogP contribution is -2.49. The molecule has 5 heteroatoms. The Morgan fingerprint density at radius 2 is 1.62 bits per heavy atom. The molecule has 0 unspecified atom stereocenters. The Hall–Kier alpha value is -2.85. The molecule has 1 saturated heterocycles. The average molecular weight is 475 g/mol. The predicted octanol–water partition coefficient (Wildman–Crippen LogP) is 6.26. The molecule has 3 aromatic carbocycles. The van der Waals surface area contributed by atoms with E-state index in [4.69, 9.17) is 11.6 Å². The van der Waals surface area contributed by atoms with Gasteiger partial charge in [0.25, 0.3) is 11.8 Å². The molecule has 4 nitrogen and oxygen atoms in total. The lowest BCUT2D eigenvalue weighted by atomic mass is 9.78. The second-order valence-corrected chi connectivity index (χ2v) is 10.0. The fourth-order valence-electron chi connectivity index (χ4n) is 5.82. The van der Waals surface area contributed by atoms with Crippen molar-refractivity contribution >= 4 is 34.2 Å². The number of carbonyl (C=O) groups excluding carboxylic acids is 2. The minimum atomic E-state index is -0.123. The molecule has 0 bridgehead atoms. The zero-order chi connectivity index (χ0) is 23.5. The smallest absolute Gasteiger partial charge is 0.254 e. The van der Waals surface area contributed by atoms with E-state index in [1.807, 2.05) is 60.7 Å². The molecule has 176 valence electrons. The Bertz CT molecular complexity index is 1210. The van der Waals surface area contributed by atoms with Crippen LogP contribution in [0.5, 0.6) is 0 Å². The third-order valence-electron chi connectivity index (χ3n) is 7.49. The van der Waals surface area contributed by atoms with Gasteiger partial charge in [0.05, 0.1) is 0 Å². The van der Waals surface area contributed by atoms with Crippen LogP contribution < -0.4 is 5.32 Å². The molecule has 1 N–H and O–H groups in total. The van der Waals surface area contributed by atoms with Crippen LogP contribution in [-0.4, -0.2) is 35.8 Å². The fraction of sp³-hybridized carbons (Fsp3) is 0.379. The first kappa shape index (κ1) is 22.9. The van der Waals surface area contributed by atoms with Gasteiger partial charge in [0, 0.05) is 35.3 Å². The van der Waals surface area contributed by atoms with Gasteiger partial charge in [0.15, 0.2) is 0 Å². The molecule has 0 aromatic heterocycles. The molecule has 1 aliphatic carbocycles. The summed E-state index contributed by atoms with van der Waals surface area (Å²) in [5.74, 6) is 0.630. The first-order valence-corrected chi connectivity index (χ1v) is 12.8. The van der Waals surface area contributed by atoms with Gasteiger partial charge in [-0.1, -0.05) is 60.8 Å². The summed E-state index contributed by atoms with van der Waals surface area (Å²) in [5, 5.41) is 5.41. The molecule has 2 atom stereocenters. The number of hydrogen-bond donors (Lipinski definition) is 1. The van der Waals surface area contributed by atoms with E-state index in [0.29, 0.717) is 41.1 Å². The Balaban J connectivity index is 1.36. The molecule has 1 heterocycles. The van der Waals surface area contributed by atoms with Crippen LogP contribution in [0.3, 0.4) is 0 Å². The van der Waals surface area contributed by atoms with E-state index in [1.165, 1.54) is 25.7 Å². The van der Waals surface area contributed by atoms with E-state index in [0.717, 1.165) is 35.7 Å². The number of nitrogens with one attached hydrogen (secondary N) is 1. The predicted molar refractivity (Wildman–Crippen MR) is 137 cm³/mol. The number of piperidine rings is 1. The summed E-state index contributed by atoms with van der Waals surface area (Å²) in [7, 11) is 0. The van der Waals surface area contributed by atoms with Gasteiger partial charge in [0.2, 0.25) is 0 Å². The highest BCUT2D eigenvalue weighted by molar-refractivity contribution is 6.30. The molecule has 0 radical (unpaired) electrons. The molecular formula is C29H31ClN2O2. The Labute approximate surface area is 206 Å². The van der Waals surface area contributed by atoms with Crippen molar-refractivity contribution in [2.75, 3.05) is 13.1 Å². The lowest BCUT2D eigenvalue weighted by molar-refractivity contribution is 0.0392. The van der Waals surface area contributed by atoms with Crippen molar-refractivity contribution in [2.45, 2.75) is 51.0 Å². The van der Waals surface area contributed by atoms with Crippen molar-refractivity contribution in [3.8, 4) is 0 Å². The quantitative estimate of drug-likeness (QED) is 0.474. The summed E-state index contributed by atoms with van der Waals surface area (Å²) in [6, 6.07) is 19.5. The number of halogens is 1. The summed E-state index contributed by atoms with van der Waals surface area (Å²) in [6.45, 7) is 1.35. The highest BCUT2D eigenvalue weighted by atomic mass is 35.5. The van der Waals surface area contributed by atoms with E-state index in [1.54, 1.807) is 0 Å². The van der Waals surface area contributed by atoms with Gasteiger partial charge in [0.1, 0.15) is 0 Å². The topological polar surface area (TPSA) is 49.4 Å². The van der Waals surface area contributed by atoms with Gasteiger partial charge < -0.3 is 10.2 Å². The average Bonchev–Trinajstić information content (AvgIpc) is 2.87. The molecule has 5 rings (SSSR count). The zero-order valence-corrected chi connectivity index (χ0v) is 20.2. The van der Waals surface area contributed by atoms with Crippen molar-refractivity contribution in [1.82, 2.24) is 10.2 Å². The first-order chi connectivity index (χ1) is 16.6. The van der Waals surface area contributed by atoms with Crippen LogP contribution in [0.1, 0.15) is 64.8 Å². The summed E-state index contributed by atoms with van der Waals surface area (Å²) in [4.78, 5) is 28.9. The molecule has 2 aliphatic rings. The van der Waals surface area contributed by atoms with Crippen LogP contribution in [-0.2, 0) is 6.42 Å². The summed E-state index contributed by atoms with van der Waals surface area (Å²) in [5.41, 5.74) is 2.39. The Morgan fingerprint density at radius 1 is 0.882 bits per heavy atom. The van der Waals surface area contributed by atoms with Crippen molar-refractivity contribution in [3.63, 3.8) is 0 Å². The minimum absolute atomic E-state index is 0.112. The first-order valence-electron chi connectivity index (χ1n) is 12.5. The van der Waals surface area contributed by atoms with Crippen LogP contribution in [0, 0.1) is 5.92 Å². The standard InChI is InChI=1S/C29H31ClN2O2/c30-22-10-5-7-20(19-22)16-17-31-28(33)25-14-15-26(24-12-3-2-11-23(24)25)29(34)32-18-6-9-21-8-1-4-13-27(21)32/h2-3,5,7,10-12,14-15,19,21,27H,1,4,6,8-9,13,16-18H2,(H,31,33)/t21-,27-/m0/s1. The Kier molecular flexibility index (Phi) is 6.87. The maximum atomic E-state index is 13.7. The van der Waals surface area contributed by atoms with Crippen LogP contribution in [0.15, 0.2) is 60.7 Å². The zero-order valence-electron chi connectivity index (χ0n) is 19.4. The fourth-order valence-corrected chi connectivity index (χ4v) is 6.04. The van der Waals surface area contributed by atoms with E-state index in [2.05, 4.69) is 10.2 Å². The van der Waals surface area contributed by atoms with Gasteiger partial charge >= 0.3 is 0 Å². The van der Waals surface area contributed by atoms with Crippen molar-refractivity contribution in [1.29, 1.82) is 0 Å². The lowest BCUT2D eigenvalue weighted by Gasteiger charge is -2.44. The summed E-state index contributed by atoms with van der Waals surface area (Å²) in [6.07, 6.45) is 7.87. The van der Waals surface area contributed by atoms with Crippen molar-refractivity contribution in [3.05, 3.63) is 82.4 Å². The maximum Gasteiger partial charge on any atom is 0.254 e. The van der Waals surface area contributed by atoms with Crippen molar-refractivity contribution < 1.29 is 9.59 Å². The van der Waals surface area contributed by atoms with E-state index in [9.17, 15) is 9.59 Å². The number of benzene rings is 3. The number of carbonyl (C=O) groups is 2. The molecule has 3 aromatic rings. The third kappa shape index (κ3) is 4.69. The number of amides is 2. The van der Waals surface area contributed by atoms with E-state index >= 15 is 0 Å². The number of hydrogen-bond acceptors (Lipinski definition) is 2.